The first kappa shape index (κ1) is 18.8. The van der Waals surface area contributed by atoms with Crippen LogP contribution in [0, 0.1) is 0 Å². The van der Waals surface area contributed by atoms with E-state index in [2.05, 4.69) is 15.5 Å². The Labute approximate surface area is 154 Å². The van der Waals surface area contributed by atoms with Gasteiger partial charge in [-0.05, 0) is 38.1 Å². The Balaban J connectivity index is 1.48. The van der Waals surface area contributed by atoms with Crippen LogP contribution < -0.4 is 10.6 Å². The normalized spacial score (nSPS) is 20.6. The minimum atomic E-state index is -0.682. The average Bonchev–Trinajstić information content (AvgIpc) is 2.69. The van der Waals surface area contributed by atoms with Gasteiger partial charge in [-0.25, -0.2) is 0 Å². The summed E-state index contributed by atoms with van der Waals surface area (Å²) >= 11 is 0. The number of amides is 2. The molecule has 7 nitrogen and oxygen atoms in total. The van der Waals surface area contributed by atoms with Crippen molar-refractivity contribution < 1.29 is 14.3 Å². The Hall–Kier alpha value is -1.96. The lowest BCUT2D eigenvalue weighted by molar-refractivity contribution is -0.160. The summed E-state index contributed by atoms with van der Waals surface area (Å²) in [5, 5.41) is 6.18. The summed E-state index contributed by atoms with van der Waals surface area (Å²) in [7, 11) is 1.63. The summed E-state index contributed by atoms with van der Waals surface area (Å²) in [4.78, 5) is 29.1. The van der Waals surface area contributed by atoms with Gasteiger partial charge in [0.1, 0.15) is 5.60 Å². The molecule has 2 amide bonds. The lowest BCUT2D eigenvalue weighted by Gasteiger charge is -2.42. The standard InChI is InChI=1S/C19H28N4O3/c1-26-19(7-9-20-10-8-19)18(25)23-13-11-22(12-14-23)15-17(24)21-16-5-3-2-4-6-16/h2-6,20H,7-15H2,1H3,(H,21,24). The summed E-state index contributed by atoms with van der Waals surface area (Å²) in [6.45, 7) is 4.62. The smallest absolute Gasteiger partial charge is 0.254 e. The first-order valence-electron chi connectivity index (χ1n) is 9.25. The highest BCUT2D eigenvalue weighted by Crippen LogP contribution is 2.25. The zero-order valence-electron chi connectivity index (χ0n) is 15.4. The fraction of sp³-hybridized carbons (Fsp3) is 0.579. The second kappa shape index (κ2) is 8.62. The molecule has 0 spiro atoms. The van der Waals surface area contributed by atoms with Crippen molar-refractivity contribution in [1.29, 1.82) is 0 Å². The Kier molecular flexibility index (Phi) is 6.24. The maximum Gasteiger partial charge on any atom is 0.254 e. The van der Waals surface area contributed by atoms with E-state index in [0.29, 0.717) is 45.6 Å². The van der Waals surface area contributed by atoms with Crippen LogP contribution in [0.15, 0.2) is 30.3 Å². The molecule has 2 N–H and O–H groups in total. The van der Waals surface area contributed by atoms with E-state index in [1.165, 1.54) is 0 Å². The maximum atomic E-state index is 13.0. The number of piperidine rings is 1. The van der Waals surface area contributed by atoms with Crippen molar-refractivity contribution in [1.82, 2.24) is 15.1 Å². The van der Waals surface area contributed by atoms with Crippen molar-refractivity contribution in [2.45, 2.75) is 18.4 Å². The number of anilines is 1. The predicted molar refractivity (Wildman–Crippen MR) is 99.9 cm³/mol. The van der Waals surface area contributed by atoms with Crippen LogP contribution in [-0.2, 0) is 14.3 Å². The van der Waals surface area contributed by atoms with Crippen molar-refractivity contribution in [2.75, 3.05) is 58.2 Å². The Morgan fingerprint density at radius 1 is 1.12 bits per heavy atom. The van der Waals surface area contributed by atoms with Crippen molar-refractivity contribution in [2.24, 2.45) is 0 Å². The number of benzene rings is 1. The van der Waals surface area contributed by atoms with E-state index in [-0.39, 0.29) is 11.8 Å². The molecule has 0 aliphatic carbocycles. The van der Waals surface area contributed by atoms with E-state index in [1.54, 1.807) is 7.11 Å². The van der Waals surface area contributed by atoms with Gasteiger partial charge in [0.25, 0.3) is 5.91 Å². The van der Waals surface area contributed by atoms with Gasteiger partial charge in [-0.2, -0.15) is 0 Å². The Morgan fingerprint density at radius 3 is 2.38 bits per heavy atom. The molecule has 2 fully saturated rings. The van der Waals surface area contributed by atoms with Crippen LogP contribution in [-0.4, -0.2) is 80.1 Å². The van der Waals surface area contributed by atoms with Crippen molar-refractivity contribution in [3.8, 4) is 0 Å². The second-order valence-corrected chi connectivity index (χ2v) is 6.93. The molecular weight excluding hydrogens is 332 g/mol. The van der Waals surface area contributed by atoms with E-state index < -0.39 is 5.60 Å². The molecule has 0 aromatic heterocycles. The van der Waals surface area contributed by atoms with Gasteiger partial charge in [-0.1, -0.05) is 18.2 Å². The van der Waals surface area contributed by atoms with Crippen LogP contribution in [0.3, 0.4) is 0 Å². The molecule has 2 aliphatic rings. The van der Waals surface area contributed by atoms with E-state index in [9.17, 15) is 9.59 Å². The van der Waals surface area contributed by atoms with Crippen molar-refractivity contribution in [3.05, 3.63) is 30.3 Å². The first-order chi connectivity index (χ1) is 12.6. The second-order valence-electron chi connectivity index (χ2n) is 6.93. The van der Waals surface area contributed by atoms with E-state index >= 15 is 0 Å². The van der Waals surface area contributed by atoms with Gasteiger partial charge >= 0.3 is 0 Å². The third-order valence-electron chi connectivity index (χ3n) is 5.28. The zero-order valence-corrected chi connectivity index (χ0v) is 15.4. The maximum absolute atomic E-state index is 13.0. The van der Waals surface area contributed by atoms with Gasteiger partial charge in [0.15, 0.2) is 0 Å². The molecule has 2 aliphatic heterocycles. The van der Waals surface area contributed by atoms with Gasteiger partial charge in [0.2, 0.25) is 5.91 Å². The van der Waals surface area contributed by atoms with Crippen molar-refractivity contribution in [3.63, 3.8) is 0 Å². The molecule has 142 valence electrons. The monoisotopic (exact) mass is 360 g/mol. The van der Waals surface area contributed by atoms with Gasteiger partial charge in [-0.15, -0.1) is 0 Å². The van der Waals surface area contributed by atoms with E-state index in [0.717, 1.165) is 18.8 Å². The fourth-order valence-electron chi connectivity index (χ4n) is 3.66. The van der Waals surface area contributed by atoms with Crippen LogP contribution >= 0.6 is 0 Å². The quantitative estimate of drug-likeness (QED) is 0.802. The number of carbonyl (C=O) groups is 2. The lowest BCUT2D eigenvalue weighted by atomic mass is 9.90. The van der Waals surface area contributed by atoms with Gasteiger partial charge < -0.3 is 20.3 Å². The molecule has 2 heterocycles. The van der Waals surface area contributed by atoms with Crippen LogP contribution in [0.1, 0.15) is 12.8 Å². The summed E-state index contributed by atoms with van der Waals surface area (Å²) in [5.41, 5.74) is 0.122. The minimum Gasteiger partial charge on any atom is -0.368 e. The lowest BCUT2D eigenvalue weighted by Crippen LogP contribution is -2.59. The molecule has 0 unspecified atom stereocenters. The zero-order chi connectivity index (χ0) is 18.4. The van der Waals surface area contributed by atoms with Gasteiger partial charge in [-0.3, -0.25) is 14.5 Å². The summed E-state index contributed by atoms with van der Waals surface area (Å²) in [6, 6.07) is 9.45. The van der Waals surface area contributed by atoms with E-state index in [4.69, 9.17) is 4.74 Å². The van der Waals surface area contributed by atoms with Crippen LogP contribution in [0.4, 0.5) is 5.69 Å². The molecule has 26 heavy (non-hydrogen) atoms. The van der Waals surface area contributed by atoms with E-state index in [1.807, 2.05) is 35.2 Å². The van der Waals surface area contributed by atoms with Gasteiger partial charge in [0, 0.05) is 39.0 Å². The van der Waals surface area contributed by atoms with Crippen LogP contribution in [0.5, 0.6) is 0 Å². The number of piperazine rings is 1. The molecule has 3 rings (SSSR count). The number of para-hydroxylation sites is 1. The highest BCUT2D eigenvalue weighted by Gasteiger charge is 2.43. The highest BCUT2D eigenvalue weighted by atomic mass is 16.5. The molecule has 0 bridgehead atoms. The van der Waals surface area contributed by atoms with Crippen molar-refractivity contribution >= 4 is 17.5 Å². The first-order valence-corrected chi connectivity index (χ1v) is 9.25. The molecular formula is C19H28N4O3. The molecule has 1 aromatic carbocycles. The average molecular weight is 360 g/mol. The number of hydrogen-bond donors (Lipinski definition) is 2. The predicted octanol–water partition coefficient (Wildman–Crippen LogP) is 0.538. The number of nitrogens with one attached hydrogen (secondary N) is 2. The number of hydrogen-bond acceptors (Lipinski definition) is 5. The number of rotatable bonds is 5. The minimum absolute atomic E-state index is 0.0253. The number of ether oxygens (including phenoxy) is 1. The third kappa shape index (κ3) is 4.41. The SMILES string of the molecule is COC1(C(=O)N2CCN(CC(=O)Nc3ccccc3)CC2)CCNCC1. The number of methoxy groups -OCH3 is 1. The fourth-order valence-corrected chi connectivity index (χ4v) is 3.66. The molecule has 1 aromatic rings. The highest BCUT2D eigenvalue weighted by molar-refractivity contribution is 5.92. The summed E-state index contributed by atoms with van der Waals surface area (Å²) in [6.07, 6.45) is 1.42. The molecule has 0 atom stereocenters. The topological polar surface area (TPSA) is 73.9 Å². The Morgan fingerprint density at radius 2 is 1.77 bits per heavy atom. The molecule has 0 radical (unpaired) electrons. The third-order valence-corrected chi connectivity index (χ3v) is 5.28. The number of carbonyl (C=O) groups excluding carboxylic acids is 2. The van der Waals surface area contributed by atoms with Crippen LogP contribution in [0.25, 0.3) is 0 Å². The van der Waals surface area contributed by atoms with Gasteiger partial charge in [0.05, 0.1) is 6.54 Å². The Bertz CT molecular complexity index is 608. The number of nitrogens with zero attached hydrogens (tertiary/aromatic N) is 2. The summed E-state index contributed by atoms with van der Waals surface area (Å²) < 4.78 is 5.64. The van der Waals surface area contributed by atoms with Crippen LogP contribution in [0.2, 0.25) is 0 Å². The molecule has 2 saturated heterocycles. The molecule has 7 heteroatoms. The largest absolute Gasteiger partial charge is 0.368 e. The molecule has 0 saturated carbocycles. The summed E-state index contributed by atoms with van der Waals surface area (Å²) in [5.74, 6) is 0.0672.